The van der Waals surface area contributed by atoms with Crippen molar-refractivity contribution >= 4 is 105 Å². The van der Waals surface area contributed by atoms with Crippen LogP contribution in [-0.4, -0.2) is 200 Å². The molecule has 38 heteroatoms. The first-order valence-corrected chi connectivity index (χ1v) is 29.6. The zero-order valence-electron chi connectivity index (χ0n) is 50.3. The summed E-state index contributed by atoms with van der Waals surface area (Å²) in [6.07, 6.45) is -1.39. The summed E-state index contributed by atoms with van der Waals surface area (Å²) in [5, 5.41) is 96.8. The van der Waals surface area contributed by atoms with Gasteiger partial charge in [-0.2, -0.15) is 4.98 Å². The quantitative estimate of drug-likeness (QED) is 0.00459. The van der Waals surface area contributed by atoms with Crippen LogP contribution < -0.4 is 64.3 Å². The van der Waals surface area contributed by atoms with Crippen molar-refractivity contribution in [2.45, 2.75) is 112 Å². The number of H-pyrrole nitrogens is 1. The highest BCUT2D eigenvalue weighted by atomic mass is 32.2. The second kappa shape index (κ2) is 28.9. The summed E-state index contributed by atoms with van der Waals surface area (Å²) in [5.74, 6) is -12.3. The van der Waals surface area contributed by atoms with Gasteiger partial charge in [-0.05, 0) is 56.9 Å². The summed E-state index contributed by atoms with van der Waals surface area (Å²) >= 11 is 0.653. The molecule has 2 saturated heterocycles. The van der Waals surface area contributed by atoms with Crippen molar-refractivity contribution in [3.8, 4) is 29.0 Å². The van der Waals surface area contributed by atoms with E-state index in [1.165, 1.54) is 56.5 Å². The number of aromatic nitrogens is 5. The molecule has 6 amide bonds. The molecule has 3 aromatic heterocycles. The van der Waals surface area contributed by atoms with Crippen LogP contribution >= 0.6 is 11.8 Å². The molecule has 0 bridgehead atoms. The second-order valence-electron chi connectivity index (χ2n) is 21.6. The Morgan fingerprint density at radius 3 is 2.22 bits per heavy atom. The summed E-state index contributed by atoms with van der Waals surface area (Å²) in [6.45, 7) is 1.55. The monoisotopic (exact) mass is 1330 g/mol. The smallest absolute Gasteiger partial charge is 0.409 e. The van der Waals surface area contributed by atoms with Gasteiger partial charge in [0.1, 0.15) is 42.2 Å². The van der Waals surface area contributed by atoms with Crippen molar-refractivity contribution in [1.29, 1.82) is 5.41 Å². The number of primary amides is 1. The number of piperazine rings is 1. The Balaban J connectivity index is 0.841. The van der Waals surface area contributed by atoms with Crippen LogP contribution in [0.15, 0.2) is 52.5 Å². The van der Waals surface area contributed by atoms with Gasteiger partial charge in [0, 0.05) is 68.2 Å². The molecule has 37 nitrogen and oxygen atoms in total. The third-order valence-electron chi connectivity index (χ3n) is 15.6. The molecular weight excluding hydrogens is 1260 g/mol. The number of anilines is 3. The summed E-state index contributed by atoms with van der Waals surface area (Å²) in [6, 6.07) is -1.36. The maximum Gasteiger partial charge on any atom is 0.409 e. The minimum absolute atomic E-state index is 0.0103. The molecule has 94 heavy (non-hydrogen) atoms. The number of phenols is 2. The lowest BCUT2D eigenvalue weighted by molar-refractivity contribution is -0.143. The Hall–Kier alpha value is -11.3. The molecule has 0 radical (unpaired) electrons. The van der Waals surface area contributed by atoms with Crippen LogP contribution in [0.5, 0.6) is 29.0 Å². The Kier molecular flexibility index (Phi) is 21.1. The van der Waals surface area contributed by atoms with E-state index < -0.39 is 150 Å². The zero-order valence-corrected chi connectivity index (χ0v) is 51.1. The zero-order chi connectivity index (χ0) is 68.6. The number of ether oxygens (including phenoxy) is 3. The number of rotatable bonds is 31. The number of nitrogen functional groups attached to an aromatic ring is 1. The van der Waals surface area contributed by atoms with Gasteiger partial charge < -0.3 is 109 Å². The van der Waals surface area contributed by atoms with Gasteiger partial charge in [-0.1, -0.05) is 0 Å². The van der Waals surface area contributed by atoms with Gasteiger partial charge in [-0.15, -0.1) is 11.8 Å². The van der Waals surface area contributed by atoms with Gasteiger partial charge in [-0.25, -0.2) is 24.4 Å². The number of amides is 6. The molecule has 502 valence electrons. The van der Waals surface area contributed by atoms with Gasteiger partial charge >= 0.3 is 24.0 Å². The van der Waals surface area contributed by atoms with Crippen LogP contribution in [-0.2, 0) is 56.1 Å². The second-order valence-corrected chi connectivity index (χ2v) is 22.7. The fourth-order valence-electron chi connectivity index (χ4n) is 11.1. The third kappa shape index (κ3) is 14.9. The van der Waals surface area contributed by atoms with E-state index in [9.17, 15) is 83.7 Å². The molecule has 0 aliphatic carbocycles. The number of benzene rings is 2. The predicted octanol–water partition coefficient (Wildman–Crippen LogP) is -1.45. The van der Waals surface area contributed by atoms with E-state index in [1.54, 1.807) is 4.90 Å². The maximum atomic E-state index is 13.9. The molecule has 8 rings (SSSR count). The number of thioether (sulfide) groups is 1. The SMILES string of the molecule is COc1c(C)c(O)c2c(c1O)C(=COC(N)=O)[C@]1(OC)[C@H]3[C@@H](CN21)N3C(=O)CCCn1c(O)cc(SCC(NC(=O)[C@@H](CC(=O)O)NC(=O)[C@@H](CCCNC(=N)N)NC(=O)CC[C@@H](NC(=O)c2ccc(NCc3cnc4nc(N)[nH]c(=O)c4n3)cc2)C(=O)O)C(=O)O)c1O. The predicted molar refractivity (Wildman–Crippen MR) is 328 cm³/mol. The number of aromatic amines is 1. The van der Waals surface area contributed by atoms with E-state index >= 15 is 0 Å². The van der Waals surface area contributed by atoms with E-state index in [4.69, 9.17) is 36.8 Å². The lowest BCUT2D eigenvalue weighted by Gasteiger charge is -2.37. The number of carboxylic acids is 3. The van der Waals surface area contributed by atoms with Crippen molar-refractivity contribution < 1.29 is 93.1 Å². The van der Waals surface area contributed by atoms with Crippen LogP contribution in [0.2, 0.25) is 0 Å². The molecule has 0 spiro atoms. The molecule has 0 saturated carbocycles. The topological polar surface area (TPSA) is 580 Å². The van der Waals surface area contributed by atoms with Gasteiger partial charge in [0.25, 0.3) is 11.5 Å². The number of methoxy groups -OCH3 is 2. The molecule has 21 N–H and O–H groups in total. The Morgan fingerprint density at radius 2 is 1.57 bits per heavy atom. The third-order valence-corrected chi connectivity index (χ3v) is 16.7. The highest BCUT2D eigenvalue weighted by Gasteiger charge is 2.75. The first-order chi connectivity index (χ1) is 44.6. The maximum absolute atomic E-state index is 13.9. The van der Waals surface area contributed by atoms with Crippen LogP contribution in [0.4, 0.5) is 22.1 Å². The van der Waals surface area contributed by atoms with E-state index in [0.29, 0.717) is 23.1 Å². The molecule has 2 fully saturated rings. The van der Waals surface area contributed by atoms with Crippen LogP contribution in [0.25, 0.3) is 16.7 Å². The highest BCUT2D eigenvalue weighted by Crippen LogP contribution is 2.66. The van der Waals surface area contributed by atoms with E-state index in [0.717, 1.165) is 16.9 Å². The van der Waals surface area contributed by atoms with Crippen molar-refractivity contribution in [3.63, 3.8) is 0 Å². The molecule has 3 aliphatic rings. The number of hydrogen-bond acceptors (Lipinski definition) is 25. The van der Waals surface area contributed by atoms with Crippen molar-refractivity contribution in [3.05, 3.63) is 75.5 Å². The first-order valence-electron chi connectivity index (χ1n) is 28.6. The van der Waals surface area contributed by atoms with Gasteiger partial charge in [0.15, 0.2) is 40.2 Å². The average Bonchev–Trinajstić information content (AvgIpc) is 1.49. The van der Waals surface area contributed by atoms with Crippen LogP contribution in [0, 0.1) is 12.3 Å². The highest BCUT2D eigenvalue weighted by molar-refractivity contribution is 7.99. The number of nitrogens with two attached hydrogens (primary N) is 3. The number of carbonyl (C=O) groups excluding carboxylic acids is 6. The number of aromatic hydroxyl groups is 4. The average molecular weight is 1330 g/mol. The first kappa shape index (κ1) is 68.6. The lowest BCUT2D eigenvalue weighted by atomic mass is 9.95. The summed E-state index contributed by atoms with van der Waals surface area (Å²) in [7, 11) is 2.61. The van der Waals surface area contributed by atoms with Gasteiger partial charge in [0.05, 0.1) is 59.7 Å². The number of hydrogen-bond donors (Lipinski definition) is 18. The van der Waals surface area contributed by atoms with E-state index in [2.05, 4.69) is 51.8 Å². The van der Waals surface area contributed by atoms with E-state index in [1.807, 2.05) is 0 Å². The fourth-order valence-corrected chi connectivity index (χ4v) is 12.1. The Morgan fingerprint density at radius 1 is 0.883 bits per heavy atom. The Labute approximate surface area is 534 Å². The molecule has 3 aliphatic heterocycles. The number of fused-ring (bicyclic) bond motifs is 6. The minimum Gasteiger partial charge on any atom is -0.505 e. The van der Waals surface area contributed by atoms with Crippen LogP contribution in [0.1, 0.15) is 72.1 Å². The van der Waals surface area contributed by atoms with Crippen LogP contribution in [0.3, 0.4) is 0 Å². The van der Waals surface area contributed by atoms with Crippen molar-refractivity contribution in [2.75, 3.05) is 49.0 Å². The number of phenolic OH excluding ortho intramolecular Hbond substituents is 2. The normalized spacial score (nSPS) is 17.5. The lowest BCUT2D eigenvalue weighted by Crippen LogP contribution is -2.56. The number of nitrogens with one attached hydrogen (secondary N) is 8. The molecular formula is C56H67N17O20S. The standard InChI is InChI=1S/C56H67N17O20S/c1-23-41(79)40-38(42(80)43(23)91-2)27(21-93-55(60)90)56(92-3)44-32(20-72(40)56)73(44)35(75)7-5-15-71-36(76)17-33(50(71)85)94-22-31(52(88)89)68-48(83)30(16-37(77)78)67-47(82)28(6-4-14-61-53(57)58)65-34(74)13-12-29(51(86)87)66-46(81)24-8-10-25(11-9-24)62-18-26-19-63-45-39(64-26)49(84)70-54(59)69-45/h8-11,17,19,21,28-32,44,62,76,79-80,85H,4-7,12-16,18,20,22H2,1-3H3,(H2,60,90)(H,65,74)(H,66,81)(H,67,82)(H,68,83)(H,77,78)(H,86,87)(H,88,89)(H4,57,58,61)(H3,59,63,69,70,84)/t28-,29-,30-,31?,32-,44-,56+,73?/m1/s1. The van der Waals surface area contributed by atoms with Crippen molar-refractivity contribution in [1.82, 2.24) is 56.0 Å². The Bertz CT molecular complexity index is 3940. The number of nitrogens with zero attached hydrogens (tertiary/aromatic N) is 6. The van der Waals surface area contributed by atoms with E-state index in [-0.39, 0.29) is 113 Å². The summed E-state index contributed by atoms with van der Waals surface area (Å²) < 4.78 is 17.5. The molecule has 2 aromatic carbocycles. The molecule has 1 unspecified atom stereocenters. The number of guanidine groups is 1. The van der Waals surface area contributed by atoms with Crippen molar-refractivity contribution in [2.24, 2.45) is 11.5 Å². The summed E-state index contributed by atoms with van der Waals surface area (Å²) in [5.41, 5.74) is 15.4. The molecule has 5 aromatic rings. The molecule has 6 heterocycles. The van der Waals surface area contributed by atoms with Gasteiger partial charge in [-0.3, -0.25) is 48.5 Å². The number of aliphatic carboxylic acids is 3. The molecule has 7 atom stereocenters. The number of carbonyl (C=O) groups is 9. The van der Waals surface area contributed by atoms with Gasteiger partial charge in [0.2, 0.25) is 35.5 Å². The minimum atomic E-state index is -1.97. The fraction of sp³-hybridized carbons (Fsp3) is 0.393. The largest absolute Gasteiger partial charge is 0.505 e. The summed E-state index contributed by atoms with van der Waals surface area (Å²) in [4.78, 5) is 147. The number of carboxylic acid groups (broad SMARTS) is 3.